The molecule has 0 atom stereocenters. The standard InChI is InChI=1S/C15H13ClF3N3O/c1-9-11(16)3-2-4-12(9)22-14(23)8-21-13-6-5-10(7-20-13)15(17,18)19/h2-7H,8H2,1H3,(H,20,21)(H,22,23). The highest BCUT2D eigenvalue weighted by Gasteiger charge is 2.30. The average molecular weight is 344 g/mol. The maximum atomic E-state index is 12.4. The van der Waals surface area contributed by atoms with E-state index in [2.05, 4.69) is 15.6 Å². The molecule has 1 aromatic carbocycles. The number of pyridine rings is 1. The van der Waals surface area contributed by atoms with Gasteiger partial charge in [-0.3, -0.25) is 4.79 Å². The lowest BCUT2D eigenvalue weighted by Gasteiger charge is -2.11. The quantitative estimate of drug-likeness (QED) is 0.878. The Bertz CT molecular complexity index is 702. The van der Waals surface area contributed by atoms with E-state index < -0.39 is 11.7 Å². The molecule has 0 saturated carbocycles. The lowest BCUT2D eigenvalue weighted by atomic mass is 10.2. The maximum absolute atomic E-state index is 12.4. The van der Waals surface area contributed by atoms with Gasteiger partial charge in [0.25, 0.3) is 0 Å². The smallest absolute Gasteiger partial charge is 0.361 e. The molecular formula is C15H13ClF3N3O. The molecule has 1 aromatic heterocycles. The lowest BCUT2D eigenvalue weighted by molar-refractivity contribution is -0.137. The average Bonchev–Trinajstić information content (AvgIpc) is 2.49. The number of nitrogens with zero attached hydrogens (tertiary/aromatic N) is 1. The van der Waals surface area contributed by atoms with E-state index in [0.29, 0.717) is 16.9 Å². The van der Waals surface area contributed by atoms with Crippen LogP contribution in [0.4, 0.5) is 24.7 Å². The summed E-state index contributed by atoms with van der Waals surface area (Å²) in [5.74, 6) is -0.187. The Balaban J connectivity index is 1.93. The molecule has 2 N–H and O–H groups in total. The van der Waals surface area contributed by atoms with Gasteiger partial charge >= 0.3 is 6.18 Å². The summed E-state index contributed by atoms with van der Waals surface area (Å²) in [6.07, 6.45) is -3.73. The number of aromatic nitrogens is 1. The van der Waals surface area contributed by atoms with Crippen LogP contribution in [-0.4, -0.2) is 17.4 Å². The molecule has 2 rings (SSSR count). The molecular weight excluding hydrogens is 331 g/mol. The van der Waals surface area contributed by atoms with Crippen LogP contribution in [-0.2, 0) is 11.0 Å². The number of anilines is 2. The number of hydrogen-bond donors (Lipinski definition) is 2. The molecule has 122 valence electrons. The van der Waals surface area contributed by atoms with E-state index in [9.17, 15) is 18.0 Å². The van der Waals surface area contributed by atoms with Crippen LogP contribution in [0, 0.1) is 6.92 Å². The van der Waals surface area contributed by atoms with Gasteiger partial charge in [0, 0.05) is 16.9 Å². The number of benzene rings is 1. The van der Waals surface area contributed by atoms with Crippen LogP contribution in [0.2, 0.25) is 5.02 Å². The van der Waals surface area contributed by atoms with Crippen LogP contribution < -0.4 is 10.6 Å². The number of halogens is 4. The van der Waals surface area contributed by atoms with Gasteiger partial charge in [0.2, 0.25) is 5.91 Å². The fraction of sp³-hybridized carbons (Fsp3) is 0.200. The minimum Gasteiger partial charge on any atom is -0.361 e. The lowest BCUT2D eigenvalue weighted by Crippen LogP contribution is -2.22. The first-order valence-electron chi connectivity index (χ1n) is 6.59. The van der Waals surface area contributed by atoms with Crippen LogP contribution in [0.1, 0.15) is 11.1 Å². The molecule has 0 unspecified atom stereocenters. The molecule has 0 aliphatic rings. The van der Waals surface area contributed by atoms with E-state index in [-0.39, 0.29) is 18.3 Å². The second-order valence-corrected chi connectivity index (χ2v) is 5.15. The molecule has 0 aliphatic heterocycles. The molecule has 0 saturated heterocycles. The SMILES string of the molecule is Cc1c(Cl)cccc1NC(=O)CNc1ccc(C(F)(F)F)cn1. The third-order valence-corrected chi connectivity index (χ3v) is 3.47. The van der Waals surface area contributed by atoms with Gasteiger partial charge in [0.05, 0.1) is 12.1 Å². The molecule has 23 heavy (non-hydrogen) atoms. The number of carbonyl (C=O) groups excluding carboxylic acids is 1. The first kappa shape index (κ1) is 17.1. The second kappa shape index (κ2) is 6.87. The normalized spacial score (nSPS) is 11.2. The Morgan fingerprint density at radius 3 is 2.61 bits per heavy atom. The van der Waals surface area contributed by atoms with E-state index in [0.717, 1.165) is 11.6 Å². The highest BCUT2D eigenvalue weighted by Crippen LogP contribution is 2.28. The molecule has 1 amide bonds. The summed E-state index contributed by atoms with van der Waals surface area (Å²) in [4.78, 5) is 15.5. The van der Waals surface area contributed by atoms with Crippen molar-refractivity contribution < 1.29 is 18.0 Å². The van der Waals surface area contributed by atoms with Crippen LogP contribution in [0.5, 0.6) is 0 Å². The Labute approximate surface area is 135 Å². The third kappa shape index (κ3) is 4.59. The maximum Gasteiger partial charge on any atom is 0.417 e. The zero-order chi connectivity index (χ0) is 17.0. The highest BCUT2D eigenvalue weighted by atomic mass is 35.5. The van der Waals surface area contributed by atoms with Crippen LogP contribution in [0.3, 0.4) is 0 Å². The number of rotatable bonds is 4. The van der Waals surface area contributed by atoms with Crippen molar-refractivity contribution in [2.45, 2.75) is 13.1 Å². The molecule has 0 aliphatic carbocycles. The minimum absolute atomic E-state index is 0.135. The summed E-state index contributed by atoms with van der Waals surface area (Å²) in [5, 5.41) is 5.85. The van der Waals surface area contributed by atoms with Gasteiger partial charge < -0.3 is 10.6 Å². The fourth-order valence-corrected chi connectivity index (χ4v) is 1.95. The molecule has 4 nitrogen and oxygen atoms in total. The van der Waals surface area contributed by atoms with Crippen molar-refractivity contribution in [1.82, 2.24) is 4.98 Å². The van der Waals surface area contributed by atoms with E-state index >= 15 is 0 Å². The van der Waals surface area contributed by atoms with E-state index in [1.807, 2.05) is 0 Å². The predicted molar refractivity (Wildman–Crippen MR) is 82.5 cm³/mol. The molecule has 0 fully saturated rings. The second-order valence-electron chi connectivity index (χ2n) is 4.74. The fourth-order valence-electron chi connectivity index (χ4n) is 1.77. The van der Waals surface area contributed by atoms with Gasteiger partial charge in [-0.1, -0.05) is 17.7 Å². The third-order valence-electron chi connectivity index (χ3n) is 3.06. The van der Waals surface area contributed by atoms with Gasteiger partial charge in [0.1, 0.15) is 5.82 Å². The van der Waals surface area contributed by atoms with Gasteiger partial charge in [-0.2, -0.15) is 13.2 Å². The number of amides is 1. The summed E-state index contributed by atoms with van der Waals surface area (Å²) in [7, 11) is 0. The molecule has 0 radical (unpaired) electrons. The van der Waals surface area contributed by atoms with Crippen molar-refractivity contribution >= 4 is 29.0 Å². The summed E-state index contributed by atoms with van der Waals surface area (Å²) in [6, 6.07) is 7.18. The van der Waals surface area contributed by atoms with Gasteiger partial charge in [0.15, 0.2) is 0 Å². The van der Waals surface area contributed by atoms with Crippen molar-refractivity contribution in [3.63, 3.8) is 0 Å². The van der Waals surface area contributed by atoms with Gasteiger partial charge in [-0.05, 0) is 36.8 Å². The number of hydrogen-bond acceptors (Lipinski definition) is 3. The van der Waals surface area contributed by atoms with Crippen molar-refractivity contribution in [1.29, 1.82) is 0 Å². The monoisotopic (exact) mass is 343 g/mol. The molecule has 0 spiro atoms. The van der Waals surface area contributed by atoms with Gasteiger partial charge in [-0.15, -0.1) is 0 Å². The van der Waals surface area contributed by atoms with Gasteiger partial charge in [-0.25, -0.2) is 4.98 Å². The largest absolute Gasteiger partial charge is 0.417 e. The zero-order valence-corrected chi connectivity index (χ0v) is 12.8. The summed E-state index contributed by atoms with van der Waals surface area (Å²) in [6.45, 7) is 1.63. The van der Waals surface area contributed by atoms with E-state index in [1.165, 1.54) is 6.07 Å². The first-order chi connectivity index (χ1) is 10.8. The van der Waals surface area contributed by atoms with Crippen LogP contribution in [0.25, 0.3) is 0 Å². The van der Waals surface area contributed by atoms with Crippen LogP contribution in [0.15, 0.2) is 36.5 Å². The summed E-state index contributed by atoms with van der Waals surface area (Å²) < 4.78 is 37.2. The predicted octanol–water partition coefficient (Wildman–Crippen LogP) is 4.11. The number of nitrogens with one attached hydrogen (secondary N) is 2. The Hall–Kier alpha value is -2.28. The van der Waals surface area contributed by atoms with Crippen molar-refractivity contribution in [3.8, 4) is 0 Å². The van der Waals surface area contributed by atoms with Crippen molar-refractivity contribution in [2.75, 3.05) is 17.2 Å². The topological polar surface area (TPSA) is 54.0 Å². The van der Waals surface area contributed by atoms with Crippen molar-refractivity contribution in [3.05, 3.63) is 52.7 Å². The first-order valence-corrected chi connectivity index (χ1v) is 6.97. The highest BCUT2D eigenvalue weighted by molar-refractivity contribution is 6.31. The Morgan fingerprint density at radius 1 is 1.26 bits per heavy atom. The molecule has 0 bridgehead atoms. The summed E-state index contributed by atoms with van der Waals surface area (Å²) >= 11 is 5.95. The summed E-state index contributed by atoms with van der Waals surface area (Å²) in [5.41, 5.74) is 0.460. The number of carbonyl (C=O) groups is 1. The Morgan fingerprint density at radius 2 is 2.00 bits per heavy atom. The van der Waals surface area contributed by atoms with E-state index in [4.69, 9.17) is 11.6 Å². The van der Waals surface area contributed by atoms with Crippen LogP contribution >= 0.6 is 11.6 Å². The molecule has 1 heterocycles. The van der Waals surface area contributed by atoms with E-state index in [1.54, 1.807) is 25.1 Å². The number of alkyl halides is 3. The Kier molecular flexibility index (Phi) is 5.10. The zero-order valence-electron chi connectivity index (χ0n) is 12.0. The molecule has 2 aromatic rings. The minimum atomic E-state index is -4.44. The molecule has 8 heteroatoms. The van der Waals surface area contributed by atoms with Crippen molar-refractivity contribution in [2.24, 2.45) is 0 Å².